The van der Waals surface area contributed by atoms with E-state index in [2.05, 4.69) is 172 Å². The normalized spacial score (nSPS) is 12.4. The molecule has 0 bridgehead atoms. The number of hydrogen-bond acceptors (Lipinski definition) is 5. The maximum Gasteiger partial charge on any atom is 0.225 e. The molecule has 0 amide bonds. The highest BCUT2D eigenvalue weighted by Gasteiger charge is 2.26. The van der Waals surface area contributed by atoms with Crippen molar-refractivity contribution >= 4 is 141 Å². The monoisotopic (exact) mass is 867 g/mol. The third-order valence-corrected chi connectivity index (χ3v) is 14.9. The standard InChI is InChI=1S/C57H30ClN5OS/c58-57-60-51-42-23-18-32-10-3-4-12-37(32)53(42)64-54(51)56(61-57)63-45-24-20-34(28-43(45)50-52(63)40-14-6-5-13-39(40)49-41-15-7-8-16-48(41)65-55(49)50)35-19-22-38-44-30-59-26-25-46(44)62(47(38)29-35)36-21-17-31-9-1-2-11-33(31)27-36/h1-30H. The fraction of sp³-hybridized carbons (Fsp3) is 0. The summed E-state index contributed by atoms with van der Waals surface area (Å²) < 4.78 is 14.1. The number of benzene rings is 9. The van der Waals surface area contributed by atoms with Crippen LogP contribution in [-0.2, 0) is 0 Å². The van der Waals surface area contributed by atoms with E-state index in [-0.39, 0.29) is 5.28 Å². The quantitative estimate of drug-likeness (QED) is 0.166. The summed E-state index contributed by atoms with van der Waals surface area (Å²) in [6.07, 6.45) is 3.87. The van der Waals surface area contributed by atoms with E-state index in [0.29, 0.717) is 16.9 Å². The van der Waals surface area contributed by atoms with Crippen LogP contribution in [0.15, 0.2) is 187 Å². The summed E-state index contributed by atoms with van der Waals surface area (Å²) in [6, 6.07) is 61.0. The Balaban J connectivity index is 1.06. The number of rotatable bonds is 3. The van der Waals surface area contributed by atoms with E-state index in [1.54, 1.807) is 0 Å². The average Bonchev–Trinajstić information content (AvgIpc) is 4.11. The molecule has 6 aromatic heterocycles. The van der Waals surface area contributed by atoms with Crippen molar-refractivity contribution in [3.05, 3.63) is 188 Å². The van der Waals surface area contributed by atoms with Crippen LogP contribution in [-0.4, -0.2) is 24.1 Å². The van der Waals surface area contributed by atoms with Crippen molar-refractivity contribution in [1.82, 2.24) is 24.1 Å². The second-order valence-electron chi connectivity index (χ2n) is 16.9. The van der Waals surface area contributed by atoms with Gasteiger partial charge in [0, 0.05) is 76.0 Å². The fourth-order valence-electron chi connectivity index (χ4n) is 10.7. The Morgan fingerprint density at radius 3 is 2.11 bits per heavy atom. The summed E-state index contributed by atoms with van der Waals surface area (Å²) in [5.74, 6) is 0.605. The van der Waals surface area contributed by atoms with Crippen molar-refractivity contribution in [2.45, 2.75) is 0 Å². The molecule has 0 radical (unpaired) electrons. The van der Waals surface area contributed by atoms with Crippen molar-refractivity contribution in [2.75, 3.05) is 0 Å². The number of furan rings is 1. The molecule has 0 spiro atoms. The van der Waals surface area contributed by atoms with E-state index in [0.717, 1.165) is 82.2 Å². The molecule has 6 nitrogen and oxygen atoms in total. The molecular weight excluding hydrogens is 838 g/mol. The first-order chi connectivity index (χ1) is 32.1. The lowest BCUT2D eigenvalue weighted by molar-refractivity contribution is 0.666. The highest BCUT2D eigenvalue weighted by molar-refractivity contribution is 7.27. The first kappa shape index (κ1) is 35.4. The molecule has 9 aromatic carbocycles. The smallest absolute Gasteiger partial charge is 0.225 e. The largest absolute Gasteiger partial charge is 0.450 e. The van der Waals surface area contributed by atoms with Gasteiger partial charge in [-0.1, -0.05) is 121 Å². The molecule has 302 valence electrons. The Hall–Kier alpha value is -8.10. The molecule has 65 heavy (non-hydrogen) atoms. The Morgan fingerprint density at radius 2 is 1.20 bits per heavy atom. The lowest BCUT2D eigenvalue weighted by atomic mass is 9.98. The van der Waals surface area contributed by atoms with Gasteiger partial charge in [0.25, 0.3) is 0 Å². The van der Waals surface area contributed by atoms with Gasteiger partial charge in [-0.25, -0.2) is 4.98 Å². The van der Waals surface area contributed by atoms with Gasteiger partial charge in [0.1, 0.15) is 11.1 Å². The Labute approximate surface area is 377 Å². The van der Waals surface area contributed by atoms with Crippen molar-refractivity contribution in [2.24, 2.45) is 0 Å². The highest BCUT2D eigenvalue weighted by atomic mass is 35.5. The Bertz CT molecular complexity index is 4580. The van der Waals surface area contributed by atoms with Gasteiger partial charge in [-0.3, -0.25) is 9.55 Å². The van der Waals surface area contributed by atoms with Gasteiger partial charge >= 0.3 is 0 Å². The summed E-state index contributed by atoms with van der Waals surface area (Å²) in [7, 11) is 0. The van der Waals surface area contributed by atoms with Crippen LogP contribution in [0, 0.1) is 0 Å². The van der Waals surface area contributed by atoms with Crippen LogP contribution in [0.4, 0.5) is 0 Å². The van der Waals surface area contributed by atoms with Gasteiger partial charge in [-0.15, -0.1) is 11.3 Å². The zero-order valence-corrected chi connectivity index (χ0v) is 35.8. The minimum absolute atomic E-state index is 0.160. The zero-order chi connectivity index (χ0) is 42.5. The number of hydrogen-bond donors (Lipinski definition) is 0. The lowest BCUT2D eigenvalue weighted by Crippen LogP contribution is -2.00. The molecule has 8 heteroatoms. The summed E-state index contributed by atoms with van der Waals surface area (Å²) in [5.41, 5.74) is 9.66. The Kier molecular flexibility index (Phi) is 7.07. The lowest BCUT2D eigenvalue weighted by Gasteiger charge is -2.11. The van der Waals surface area contributed by atoms with Crippen LogP contribution >= 0.6 is 22.9 Å². The number of aromatic nitrogens is 5. The maximum atomic E-state index is 6.97. The predicted molar refractivity (Wildman–Crippen MR) is 272 cm³/mol. The molecule has 0 aliphatic carbocycles. The number of pyridine rings is 1. The van der Waals surface area contributed by atoms with Crippen molar-refractivity contribution < 1.29 is 4.42 Å². The van der Waals surface area contributed by atoms with E-state index < -0.39 is 0 Å². The molecule has 0 saturated carbocycles. The third-order valence-electron chi connectivity index (χ3n) is 13.5. The summed E-state index contributed by atoms with van der Waals surface area (Å²) in [6.45, 7) is 0. The molecule has 0 aliphatic rings. The molecule has 0 atom stereocenters. The van der Waals surface area contributed by atoms with Crippen LogP contribution in [0.25, 0.3) is 141 Å². The number of thiophene rings is 1. The van der Waals surface area contributed by atoms with Crippen molar-refractivity contribution in [1.29, 1.82) is 0 Å². The van der Waals surface area contributed by atoms with Crippen molar-refractivity contribution in [3.8, 4) is 22.6 Å². The molecule has 0 aliphatic heterocycles. The van der Waals surface area contributed by atoms with E-state index in [1.807, 2.05) is 35.9 Å². The van der Waals surface area contributed by atoms with Crippen LogP contribution < -0.4 is 0 Å². The summed E-state index contributed by atoms with van der Waals surface area (Å²) >= 11 is 8.81. The van der Waals surface area contributed by atoms with Crippen LogP contribution in [0.2, 0.25) is 5.28 Å². The van der Waals surface area contributed by atoms with E-state index >= 15 is 0 Å². The van der Waals surface area contributed by atoms with E-state index in [4.69, 9.17) is 26.0 Å². The van der Waals surface area contributed by atoms with Gasteiger partial charge in [-0.2, -0.15) is 4.98 Å². The van der Waals surface area contributed by atoms with Gasteiger partial charge in [-0.05, 0) is 92.8 Å². The van der Waals surface area contributed by atoms with Gasteiger partial charge in [0.15, 0.2) is 11.4 Å². The summed E-state index contributed by atoms with van der Waals surface area (Å²) in [5, 5.41) is 15.0. The summed E-state index contributed by atoms with van der Waals surface area (Å²) in [4.78, 5) is 14.4. The minimum Gasteiger partial charge on any atom is -0.450 e. The number of nitrogens with zero attached hydrogens (tertiary/aromatic N) is 5. The van der Waals surface area contributed by atoms with Crippen LogP contribution in [0.1, 0.15) is 0 Å². The van der Waals surface area contributed by atoms with Crippen LogP contribution in [0.3, 0.4) is 0 Å². The van der Waals surface area contributed by atoms with Gasteiger partial charge < -0.3 is 8.98 Å². The van der Waals surface area contributed by atoms with Gasteiger partial charge in [0.2, 0.25) is 5.28 Å². The topological polar surface area (TPSA) is 61.7 Å². The van der Waals surface area contributed by atoms with Crippen LogP contribution in [0.5, 0.6) is 0 Å². The second-order valence-corrected chi connectivity index (χ2v) is 18.3. The molecular formula is C57H30ClN5OS. The first-order valence-electron chi connectivity index (χ1n) is 21.6. The molecule has 0 N–H and O–H groups in total. The Morgan fingerprint density at radius 1 is 0.477 bits per heavy atom. The van der Waals surface area contributed by atoms with Crippen molar-refractivity contribution in [3.63, 3.8) is 0 Å². The average molecular weight is 868 g/mol. The highest BCUT2D eigenvalue weighted by Crippen LogP contribution is 2.49. The molecule has 0 saturated heterocycles. The minimum atomic E-state index is 0.160. The predicted octanol–water partition coefficient (Wildman–Crippen LogP) is 16.1. The van der Waals surface area contributed by atoms with E-state index in [1.165, 1.54) is 41.7 Å². The first-order valence-corrected chi connectivity index (χ1v) is 22.8. The fourth-order valence-corrected chi connectivity index (χ4v) is 12.1. The van der Waals surface area contributed by atoms with Gasteiger partial charge in [0.05, 0.1) is 22.1 Å². The molecule has 6 heterocycles. The molecule has 15 aromatic rings. The van der Waals surface area contributed by atoms with E-state index in [9.17, 15) is 0 Å². The second kappa shape index (κ2) is 13.0. The number of halogens is 1. The third kappa shape index (κ3) is 4.85. The maximum absolute atomic E-state index is 6.97. The SMILES string of the molecule is Clc1nc(-n2c3ccc(-c4ccc5c6cnccc6n(-c6ccc7ccccc7c6)c5c4)cc3c3c4sc5ccccc5c4c4ccccc4c32)c2oc3c4ccccc4ccc3c2n1. The molecule has 0 unspecified atom stereocenters. The zero-order valence-electron chi connectivity index (χ0n) is 34.3. The molecule has 0 fully saturated rings. The molecule has 15 rings (SSSR count). The number of fused-ring (bicyclic) bond motifs is 19.